The van der Waals surface area contributed by atoms with Crippen molar-refractivity contribution in [1.29, 1.82) is 0 Å². The lowest BCUT2D eigenvalue weighted by Gasteiger charge is -2.11. The molecule has 3 aliphatic rings. The summed E-state index contributed by atoms with van der Waals surface area (Å²) < 4.78 is 3.70. The molecule has 0 bridgehead atoms. The Hall–Kier alpha value is -2.36. The second-order valence-corrected chi connectivity index (χ2v) is 4.17. The molecule has 0 N–H and O–H groups in total. The molecular formula is C13H9N3O. The number of aromatic nitrogens is 2. The summed E-state index contributed by atoms with van der Waals surface area (Å²) in [6.45, 7) is 0.637. The van der Waals surface area contributed by atoms with E-state index in [9.17, 15) is 4.79 Å². The third-order valence-electron chi connectivity index (χ3n) is 3.28. The van der Waals surface area contributed by atoms with Gasteiger partial charge < -0.3 is 4.57 Å². The molecule has 3 aliphatic heterocycles. The van der Waals surface area contributed by atoms with E-state index in [0.717, 1.165) is 22.3 Å². The summed E-state index contributed by atoms with van der Waals surface area (Å²) >= 11 is 0. The van der Waals surface area contributed by atoms with Crippen molar-refractivity contribution in [1.82, 2.24) is 9.13 Å². The summed E-state index contributed by atoms with van der Waals surface area (Å²) in [5.74, 6) is 0. The number of para-hydroxylation sites is 1. The van der Waals surface area contributed by atoms with E-state index in [-0.39, 0.29) is 5.56 Å². The minimum absolute atomic E-state index is 0.0356. The molecule has 3 heterocycles. The van der Waals surface area contributed by atoms with Gasteiger partial charge >= 0.3 is 0 Å². The Balaban J connectivity index is 2.38. The highest BCUT2D eigenvalue weighted by molar-refractivity contribution is 5.86. The fourth-order valence-corrected chi connectivity index (χ4v) is 2.40. The maximum Gasteiger partial charge on any atom is 0.264 e. The molecule has 0 saturated carbocycles. The van der Waals surface area contributed by atoms with Crippen molar-refractivity contribution in [2.24, 2.45) is 4.99 Å². The average Bonchev–Trinajstić information content (AvgIpc) is 2.74. The first-order valence-corrected chi connectivity index (χ1v) is 5.49. The number of benzene rings is 1. The molecule has 0 unspecified atom stereocenters. The van der Waals surface area contributed by atoms with Crippen LogP contribution in [0.3, 0.4) is 0 Å². The summed E-state index contributed by atoms with van der Waals surface area (Å²) in [5.41, 5.74) is 2.99. The molecule has 0 aliphatic carbocycles. The predicted octanol–water partition coefficient (Wildman–Crippen LogP) is 1.62. The van der Waals surface area contributed by atoms with E-state index in [1.165, 1.54) is 0 Å². The topological polar surface area (TPSA) is 39.3 Å². The van der Waals surface area contributed by atoms with Gasteiger partial charge in [0, 0.05) is 6.20 Å². The molecule has 4 rings (SSSR count). The first-order valence-electron chi connectivity index (χ1n) is 5.49. The van der Waals surface area contributed by atoms with E-state index in [1.807, 2.05) is 41.1 Å². The van der Waals surface area contributed by atoms with Crippen molar-refractivity contribution in [3.8, 4) is 5.69 Å². The van der Waals surface area contributed by atoms with E-state index >= 15 is 0 Å². The zero-order valence-corrected chi connectivity index (χ0v) is 9.00. The standard InChI is InChI=1S/C13H9N3O/c17-13-9-3-1-2-4-10(9)16-8-14-7-12(16)11-5-6-15(11)13/h1-6,8H,7H2. The van der Waals surface area contributed by atoms with Gasteiger partial charge in [0.15, 0.2) is 0 Å². The van der Waals surface area contributed by atoms with E-state index in [2.05, 4.69) is 4.99 Å². The average molecular weight is 223 g/mol. The normalized spacial score (nSPS) is 13.6. The SMILES string of the molecule is O=c1c2ccccc2n2c(c3ccn1-3)CN=C2. The van der Waals surface area contributed by atoms with Gasteiger partial charge in [-0.05, 0) is 18.2 Å². The molecule has 1 aromatic rings. The quantitative estimate of drug-likeness (QED) is 0.570. The summed E-state index contributed by atoms with van der Waals surface area (Å²) in [5, 5.41) is 0.720. The third-order valence-corrected chi connectivity index (χ3v) is 3.28. The molecule has 4 nitrogen and oxygen atoms in total. The van der Waals surface area contributed by atoms with Crippen LogP contribution in [-0.4, -0.2) is 15.5 Å². The molecule has 4 heteroatoms. The first kappa shape index (κ1) is 8.75. The highest BCUT2D eigenvalue weighted by Gasteiger charge is 2.18. The maximum atomic E-state index is 12.3. The van der Waals surface area contributed by atoms with Gasteiger partial charge in [0.25, 0.3) is 5.56 Å². The lowest BCUT2D eigenvalue weighted by Crippen LogP contribution is -2.19. The molecule has 1 aromatic carbocycles. The van der Waals surface area contributed by atoms with Gasteiger partial charge in [-0.25, -0.2) is 0 Å². The fourth-order valence-electron chi connectivity index (χ4n) is 2.40. The molecule has 0 saturated heterocycles. The predicted molar refractivity (Wildman–Crippen MR) is 66.3 cm³/mol. The number of hydrogen-bond acceptors (Lipinski definition) is 2. The van der Waals surface area contributed by atoms with Gasteiger partial charge in [-0.3, -0.25) is 14.4 Å². The van der Waals surface area contributed by atoms with Gasteiger partial charge in [0.2, 0.25) is 0 Å². The molecule has 0 aromatic heterocycles. The Kier molecular flexibility index (Phi) is 1.47. The first-order chi connectivity index (χ1) is 8.36. The van der Waals surface area contributed by atoms with E-state index < -0.39 is 0 Å². The molecule has 0 spiro atoms. The second-order valence-electron chi connectivity index (χ2n) is 4.17. The zero-order chi connectivity index (χ0) is 11.4. The van der Waals surface area contributed by atoms with Gasteiger partial charge in [-0.15, -0.1) is 0 Å². The summed E-state index contributed by atoms with van der Waals surface area (Å²) in [6.07, 6.45) is 3.60. The fraction of sp³-hybridized carbons (Fsp3) is 0.0769. The van der Waals surface area contributed by atoms with Crippen molar-refractivity contribution in [2.75, 3.05) is 0 Å². The Morgan fingerprint density at radius 1 is 1.18 bits per heavy atom. The number of nitrogens with zero attached hydrogens (tertiary/aromatic N) is 3. The van der Waals surface area contributed by atoms with Crippen LogP contribution >= 0.6 is 0 Å². The van der Waals surface area contributed by atoms with E-state index in [0.29, 0.717) is 6.54 Å². The lowest BCUT2D eigenvalue weighted by molar-refractivity contribution is 0.909. The van der Waals surface area contributed by atoms with Crippen LogP contribution in [0.1, 0.15) is 5.69 Å². The van der Waals surface area contributed by atoms with Gasteiger partial charge in [0.05, 0.1) is 35.2 Å². The Morgan fingerprint density at radius 2 is 2.06 bits per heavy atom. The van der Waals surface area contributed by atoms with Crippen LogP contribution in [0.5, 0.6) is 0 Å². The highest BCUT2D eigenvalue weighted by Crippen LogP contribution is 2.23. The van der Waals surface area contributed by atoms with Crippen LogP contribution in [0.15, 0.2) is 46.3 Å². The molecule has 0 fully saturated rings. The Labute approximate surface area is 96.8 Å². The molecule has 0 atom stereocenters. The Bertz CT molecular complexity index is 794. The second kappa shape index (κ2) is 2.85. The smallest absolute Gasteiger partial charge is 0.264 e. The van der Waals surface area contributed by atoms with Crippen LogP contribution in [0.2, 0.25) is 0 Å². The number of fused-ring (bicyclic) bond motifs is 5. The highest BCUT2D eigenvalue weighted by atomic mass is 16.1. The van der Waals surface area contributed by atoms with Gasteiger partial charge in [0.1, 0.15) is 0 Å². The lowest BCUT2D eigenvalue weighted by atomic mass is 10.2. The minimum atomic E-state index is 0.0356. The summed E-state index contributed by atoms with van der Waals surface area (Å²) in [6, 6.07) is 9.60. The molecular weight excluding hydrogens is 214 g/mol. The van der Waals surface area contributed by atoms with Crippen molar-refractivity contribution in [2.45, 2.75) is 6.54 Å². The summed E-state index contributed by atoms with van der Waals surface area (Å²) in [7, 11) is 0. The number of rotatable bonds is 0. The molecule has 82 valence electrons. The van der Waals surface area contributed by atoms with Crippen LogP contribution in [-0.2, 0) is 6.54 Å². The van der Waals surface area contributed by atoms with Crippen LogP contribution in [0.25, 0.3) is 16.6 Å². The monoisotopic (exact) mass is 223 g/mol. The van der Waals surface area contributed by atoms with E-state index in [4.69, 9.17) is 0 Å². The number of aliphatic imine (C=N–C) groups is 1. The largest absolute Gasteiger partial charge is 0.300 e. The molecule has 0 amide bonds. The van der Waals surface area contributed by atoms with Gasteiger partial charge in [-0.2, -0.15) is 0 Å². The zero-order valence-electron chi connectivity index (χ0n) is 9.00. The number of hydrogen-bond donors (Lipinski definition) is 0. The maximum absolute atomic E-state index is 12.3. The molecule has 0 radical (unpaired) electrons. The molecule has 17 heavy (non-hydrogen) atoms. The minimum Gasteiger partial charge on any atom is -0.300 e. The van der Waals surface area contributed by atoms with Crippen molar-refractivity contribution < 1.29 is 0 Å². The van der Waals surface area contributed by atoms with Crippen LogP contribution in [0, 0.1) is 0 Å². The van der Waals surface area contributed by atoms with Crippen molar-refractivity contribution >= 4 is 17.2 Å². The van der Waals surface area contributed by atoms with Crippen LogP contribution in [0.4, 0.5) is 0 Å². The third kappa shape index (κ3) is 0.970. The van der Waals surface area contributed by atoms with Crippen molar-refractivity contribution in [3.63, 3.8) is 0 Å². The van der Waals surface area contributed by atoms with Gasteiger partial charge in [-0.1, -0.05) is 12.1 Å². The van der Waals surface area contributed by atoms with E-state index in [1.54, 1.807) is 10.9 Å². The van der Waals surface area contributed by atoms with Crippen molar-refractivity contribution in [3.05, 3.63) is 52.6 Å². The van der Waals surface area contributed by atoms with Crippen LogP contribution < -0.4 is 5.56 Å². The Morgan fingerprint density at radius 3 is 2.88 bits per heavy atom. The summed E-state index contributed by atoms with van der Waals surface area (Å²) in [4.78, 5) is 16.6.